The molecule has 0 fully saturated rings. The van der Waals surface area contributed by atoms with Crippen molar-refractivity contribution >= 4 is 88.0 Å². The Hall–Kier alpha value is -16.0. The average molecular weight is 1910 g/mol. The molecule has 12 aromatic carbocycles. The summed E-state index contributed by atoms with van der Waals surface area (Å²) in [6.07, 6.45) is 0. The monoisotopic (exact) mass is 1910 g/mol. The van der Waals surface area contributed by atoms with Gasteiger partial charge in [-0.3, -0.25) is 0 Å². The van der Waals surface area contributed by atoms with Crippen molar-refractivity contribution in [3.63, 3.8) is 0 Å². The Morgan fingerprint density at radius 2 is 0.417 bits per heavy atom. The predicted octanol–water partition coefficient (Wildman–Crippen LogP) is 31.5. The van der Waals surface area contributed by atoms with Gasteiger partial charge in [0.15, 0.2) is 23.3 Å². The van der Waals surface area contributed by atoms with Crippen LogP contribution in [0.4, 0.5) is 0 Å². The second-order valence-corrected chi connectivity index (χ2v) is 46.5. The van der Waals surface area contributed by atoms with Crippen LogP contribution >= 0.6 is 0 Å². The Labute approximate surface area is 833 Å². The molecule has 20 heteroatoms. The zero-order valence-corrected chi connectivity index (χ0v) is 85.7. The third-order valence-corrected chi connectivity index (χ3v) is 27.3. The van der Waals surface area contributed by atoms with Crippen LogP contribution in [0.3, 0.4) is 0 Å². The van der Waals surface area contributed by atoms with E-state index in [1.165, 1.54) is 0 Å². The largest absolute Gasteiger partial charge is 0.457 e. The van der Waals surface area contributed by atoms with Crippen LogP contribution in [0.2, 0.25) is 0 Å². The molecule has 0 amide bonds. The van der Waals surface area contributed by atoms with E-state index in [0.717, 1.165) is 66.1 Å². The first-order chi connectivity index (χ1) is 67.9. The average Bonchev–Trinajstić information content (AvgIpc) is 1.51. The number of nitrogens with zero attached hydrogens (tertiary/aromatic N) is 6. The lowest BCUT2D eigenvalue weighted by Gasteiger charge is -2.26. The second kappa shape index (κ2) is 33.9. The van der Waals surface area contributed by atoms with Crippen LogP contribution in [0.15, 0.2) is 280 Å². The summed E-state index contributed by atoms with van der Waals surface area (Å²) in [6, 6.07) is 77.1. The summed E-state index contributed by atoms with van der Waals surface area (Å²) in [4.78, 5) is 96.5. The lowest BCUT2D eigenvalue weighted by atomic mass is 9.79. The highest BCUT2D eigenvalue weighted by molar-refractivity contribution is 6.08. The lowest BCUT2D eigenvalue weighted by molar-refractivity contribution is 0.482. The molecule has 21 rings (SSSR count). The molecule has 20 nitrogen and oxygen atoms in total. The Balaban J connectivity index is 0.703. The van der Waals surface area contributed by atoms with E-state index < -0.39 is 22.5 Å². The summed E-state index contributed by atoms with van der Waals surface area (Å²) in [7, 11) is 0. The summed E-state index contributed by atoms with van der Waals surface area (Å²) in [5.41, 5.74) is 15.3. The number of H-pyrrole nitrogens is 2. The maximum absolute atomic E-state index is 14.2. The van der Waals surface area contributed by atoms with Crippen LogP contribution in [0.25, 0.3) is 178 Å². The SMILES string of the molecule is CC(C)(C)c1cc(C(C)(C)C)c2oc(=O)c(-c3ccc(Oc4ccc5c(c4)-c4nc-5nc5[nH]c(nc6nc(nc7[nH]c(n4)c4ccc(Oc8ccc(-c9cc%10cc(C(C)(C)C)cc(C(C)(C)C)c%10oc9=O)cc8)cc74)-c4cc(Oc7ccc(-c8cc9cc(C(C)(C)C)cc(C(C)(C)C)c9oc8=O)cc7)ccc4-6)c4cc(Oc6ccc(-c7cc8cc(C(C)(C)C)cc(C(C)(C)C)c8oc7=O)cc6)ccc54)cc3)cc2c1. The number of rotatable bonds is 12. The minimum absolute atomic E-state index is 0.165. The van der Waals surface area contributed by atoms with Crippen molar-refractivity contribution in [1.29, 1.82) is 0 Å². The van der Waals surface area contributed by atoms with Crippen molar-refractivity contribution in [2.45, 2.75) is 209 Å². The third kappa shape index (κ3) is 17.9. The number of benzene rings is 12. The molecule has 0 spiro atoms. The van der Waals surface area contributed by atoms with Gasteiger partial charge in [0.2, 0.25) is 0 Å². The molecule has 2 aliphatic heterocycles. The minimum atomic E-state index is -0.449. The summed E-state index contributed by atoms with van der Waals surface area (Å²) in [5, 5.41) is 5.90. The minimum Gasteiger partial charge on any atom is -0.457 e. The van der Waals surface area contributed by atoms with Gasteiger partial charge < -0.3 is 46.6 Å². The van der Waals surface area contributed by atoms with E-state index in [4.69, 9.17) is 66.5 Å². The van der Waals surface area contributed by atoms with E-state index in [0.29, 0.717) is 191 Å². The van der Waals surface area contributed by atoms with Gasteiger partial charge in [0.05, 0.1) is 22.3 Å². The van der Waals surface area contributed by atoms with Crippen molar-refractivity contribution < 1.29 is 36.6 Å². The van der Waals surface area contributed by atoms with Gasteiger partial charge in [0.25, 0.3) is 0 Å². The normalized spacial score (nSPS) is 12.8. The number of hydrogen-bond acceptors (Lipinski definition) is 18. The Bertz CT molecular complexity index is 9030. The van der Waals surface area contributed by atoms with E-state index in [1.54, 1.807) is 0 Å². The molecule has 722 valence electrons. The van der Waals surface area contributed by atoms with E-state index in [-0.39, 0.29) is 55.0 Å². The molecule has 7 aromatic heterocycles. The first-order valence-electron chi connectivity index (χ1n) is 48.9. The predicted molar refractivity (Wildman–Crippen MR) is 578 cm³/mol. The molecule has 0 aliphatic carbocycles. The molecule has 0 radical (unpaired) electrons. The van der Waals surface area contributed by atoms with Gasteiger partial charge in [-0.1, -0.05) is 239 Å². The standard InChI is InChI=1S/C124H114N8O12/c1-117(2,3)73-49-69-53-89(113(133)141-101(69)97(57-73)121(13,14)15)65-25-33-77(34-26-65)137-81-41-45-85-93(61-81)109-126-105(85)125-106-86-46-42-82(138-78-35-27-66(28-36-78)90-54-70-50-74(118(4,5)6)58-98(122(16,17)18)102(70)142-114(90)134)62-94(86)110(127-106)129-108-88-48-44-84(140-80-39-31-68(32-40-80)92-56-72-52-76(120(10,11)12)60-100(124(22,23)24)104(72)144-116(92)136)64-96(88)112(131-108)132-111-95-63-83(43-47-87(95)107(128-109)130-111)139-79-37-29-67(30-38-79)91-55-71-51-75(119(7,8)9)59-99(123(19,20)21)103(71)143-115(91)135/h25-64H,1-24H3,(H2,125,126,127,128,129,130,131,132). The molecule has 8 bridgehead atoms. The fourth-order valence-electron chi connectivity index (χ4n) is 19.0. The van der Waals surface area contributed by atoms with Gasteiger partial charge in [-0.2, -0.15) is 0 Å². The molecule has 9 heterocycles. The highest BCUT2D eigenvalue weighted by Crippen LogP contribution is 2.48. The van der Waals surface area contributed by atoms with Crippen LogP contribution in [0, 0.1) is 0 Å². The van der Waals surface area contributed by atoms with Crippen molar-refractivity contribution in [2.75, 3.05) is 0 Å². The topological polar surface area (TPSA) is 267 Å². The van der Waals surface area contributed by atoms with E-state index >= 15 is 0 Å². The molecule has 2 aliphatic rings. The summed E-state index contributed by atoms with van der Waals surface area (Å²) < 4.78 is 52.2. The lowest BCUT2D eigenvalue weighted by Crippen LogP contribution is -2.17. The van der Waals surface area contributed by atoms with Crippen molar-refractivity contribution in [3.05, 3.63) is 329 Å². The van der Waals surface area contributed by atoms with Gasteiger partial charge in [0.1, 0.15) is 90.9 Å². The second-order valence-electron chi connectivity index (χ2n) is 46.5. The fourth-order valence-corrected chi connectivity index (χ4v) is 19.0. The molecular formula is C124H114N8O12. The van der Waals surface area contributed by atoms with Crippen LogP contribution in [0.5, 0.6) is 46.0 Å². The number of hydrogen-bond donors (Lipinski definition) is 2. The molecule has 144 heavy (non-hydrogen) atoms. The van der Waals surface area contributed by atoms with Gasteiger partial charge >= 0.3 is 22.5 Å². The van der Waals surface area contributed by atoms with E-state index in [1.807, 2.05) is 194 Å². The highest BCUT2D eigenvalue weighted by atomic mass is 16.5. The fraction of sp³-hybridized carbons (Fsp3) is 0.258. The summed E-state index contributed by atoms with van der Waals surface area (Å²) in [5.74, 6) is 4.97. The maximum atomic E-state index is 14.2. The van der Waals surface area contributed by atoms with Crippen LogP contribution < -0.4 is 41.4 Å². The van der Waals surface area contributed by atoms with Gasteiger partial charge in [-0.15, -0.1) is 0 Å². The van der Waals surface area contributed by atoms with E-state index in [2.05, 4.69) is 225 Å². The van der Waals surface area contributed by atoms with Crippen molar-refractivity contribution in [3.8, 4) is 136 Å². The first-order valence-corrected chi connectivity index (χ1v) is 48.9. The number of aromatic nitrogens is 8. The molecular weight excluding hydrogens is 1790 g/mol. The Kier molecular flexibility index (Phi) is 22.2. The summed E-state index contributed by atoms with van der Waals surface area (Å²) >= 11 is 0. The highest BCUT2D eigenvalue weighted by Gasteiger charge is 2.34. The zero-order valence-electron chi connectivity index (χ0n) is 85.7. The van der Waals surface area contributed by atoms with Crippen LogP contribution in [-0.2, 0) is 43.3 Å². The zero-order chi connectivity index (χ0) is 102. The van der Waals surface area contributed by atoms with Crippen molar-refractivity contribution in [2.24, 2.45) is 0 Å². The van der Waals surface area contributed by atoms with Gasteiger partial charge in [-0.05, 0) is 258 Å². The van der Waals surface area contributed by atoms with Crippen LogP contribution in [-0.4, -0.2) is 39.9 Å². The molecule has 0 atom stereocenters. The molecule has 19 aromatic rings. The Morgan fingerprint density at radius 3 is 0.653 bits per heavy atom. The maximum Gasteiger partial charge on any atom is 0.344 e. The first kappa shape index (κ1) is 94.3. The quantitative estimate of drug-likeness (QED) is 0.108. The Morgan fingerprint density at radius 1 is 0.201 bits per heavy atom. The molecule has 0 saturated heterocycles. The van der Waals surface area contributed by atoms with Gasteiger partial charge in [0, 0.05) is 87.6 Å². The third-order valence-electron chi connectivity index (χ3n) is 27.3. The molecule has 0 saturated carbocycles. The van der Waals surface area contributed by atoms with E-state index in [9.17, 15) is 19.2 Å². The van der Waals surface area contributed by atoms with Crippen LogP contribution in [0.1, 0.15) is 211 Å². The summed E-state index contributed by atoms with van der Waals surface area (Å²) in [6.45, 7) is 51.7. The molecule has 2 N–H and O–H groups in total. The number of aromatic amines is 2. The van der Waals surface area contributed by atoms with Crippen molar-refractivity contribution in [1.82, 2.24) is 39.9 Å². The number of fused-ring (bicyclic) bond motifs is 24. The number of nitrogens with one attached hydrogen (secondary N) is 2. The molecule has 0 unspecified atom stereocenters. The number of ether oxygens (including phenoxy) is 4. The van der Waals surface area contributed by atoms with Gasteiger partial charge in [-0.25, -0.2) is 49.1 Å². The smallest absolute Gasteiger partial charge is 0.344 e.